The van der Waals surface area contributed by atoms with Crippen molar-refractivity contribution in [3.8, 4) is 5.69 Å². The fourth-order valence-electron chi connectivity index (χ4n) is 3.65. The van der Waals surface area contributed by atoms with Crippen LogP contribution in [0.2, 0.25) is 5.02 Å². The van der Waals surface area contributed by atoms with Gasteiger partial charge in [0.25, 0.3) is 5.60 Å². The molecule has 0 fully saturated rings. The highest BCUT2D eigenvalue weighted by Crippen LogP contribution is 2.48. The molecule has 3 nitrogen and oxygen atoms in total. The van der Waals surface area contributed by atoms with E-state index in [-0.39, 0.29) is 11.3 Å². The summed E-state index contributed by atoms with van der Waals surface area (Å²) in [6.07, 6.45) is -3.09. The van der Waals surface area contributed by atoms with Crippen LogP contribution in [0.25, 0.3) is 5.69 Å². The van der Waals surface area contributed by atoms with Crippen LogP contribution in [0.5, 0.6) is 0 Å². The summed E-state index contributed by atoms with van der Waals surface area (Å²) in [7, 11) is 0. The normalized spacial score (nSPS) is 19.2. The molecular weight excluding hydrogens is 401 g/mol. The number of halogens is 4. The van der Waals surface area contributed by atoms with Gasteiger partial charge < -0.3 is 9.40 Å². The number of alkyl halides is 3. The summed E-state index contributed by atoms with van der Waals surface area (Å²) in [6.45, 7) is 3.94. The maximum Gasteiger partial charge on any atom is 0.435 e. The van der Waals surface area contributed by atoms with Gasteiger partial charge in [-0.2, -0.15) is 13.2 Å². The minimum absolute atomic E-state index is 0.0207. The number of hydrogen-bond donors (Lipinski definition) is 0. The zero-order valence-corrected chi connectivity index (χ0v) is 16.6. The summed E-state index contributed by atoms with van der Waals surface area (Å²) in [5.74, 6) is 0. The van der Waals surface area contributed by atoms with Crippen molar-refractivity contribution in [2.75, 3.05) is 0 Å². The van der Waals surface area contributed by atoms with E-state index >= 15 is 0 Å². The van der Waals surface area contributed by atoms with Gasteiger partial charge in [0, 0.05) is 29.4 Å². The number of nitrogens with zero attached hydrogens (tertiary/aromatic N) is 2. The van der Waals surface area contributed by atoms with E-state index in [1.165, 1.54) is 12.1 Å². The average Bonchev–Trinajstić information content (AvgIpc) is 3.26. The summed E-state index contributed by atoms with van der Waals surface area (Å²) in [6, 6.07) is 14.7. The van der Waals surface area contributed by atoms with Gasteiger partial charge in [-0.1, -0.05) is 53.2 Å². The Morgan fingerprint density at radius 2 is 1.79 bits per heavy atom. The van der Waals surface area contributed by atoms with E-state index in [0.717, 1.165) is 16.9 Å². The first kappa shape index (κ1) is 19.6. The number of aromatic nitrogens is 1. The first-order valence-corrected chi connectivity index (χ1v) is 9.42. The van der Waals surface area contributed by atoms with Crippen molar-refractivity contribution in [1.82, 2.24) is 4.57 Å². The third-order valence-electron chi connectivity index (χ3n) is 5.12. The zero-order valence-electron chi connectivity index (χ0n) is 15.8. The largest absolute Gasteiger partial charge is 0.435 e. The Morgan fingerprint density at radius 1 is 1.07 bits per heavy atom. The molecule has 1 atom stereocenters. The van der Waals surface area contributed by atoms with Crippen LogP contribution in [0, 0.1) is 13.8 Å². The van der Waals surface area contributed by atoms with Crippen molar-refractivity contribution in [1.29, 1.82) is 0 Å². The summed E-state index contributed by atoms with van der Waals surface area (Å²) in [5.41, 5.74) is 1.09. The van der Waals surface area contributed by atoms with Gasteiger partial charge in [0.05, 0.1) is 16.4 Å². The number of aryl methyl sites for hydroxylation is 2. The van der Waals surface area contributed by atoms with Crippen molar-refractivity contribution in [3.05, 3.63) is 88.2 Å². The summed E-state index contributed by atoms with van der Waals surface area (Å²) < 4.78 is 43.9. The molecule has 2 aromatic carbocycles. The Morgan fingerprint density at radius 3 is 2.38 bits per heavy atom. The number of hydrogen-bond acceptors (Lipinski definition) is 2. The minimum atomic E-state index is -4.62. The highest BCUT2D eigenvalue weighted by Gasteiger charge is 2.62. The highest BCUT2D eigenvalue weighted by molar-refractivity contribution is 6.32. The van der Waals surface area contributed by atoms with Crippen LogP contribution >= 0.6 is 11.6 Å². The fourth-order valence-corrected chi connectivity index (χ4v) is 3.92. The van der Waals surface area contributed by atoms with E-state index in [1.54, 1.807) is 36.4 Å². The maximum atomic E-state index is 14.0. The average molecular weight is 419 g/mol. The number of benzene rings is 2. The molecule has 0 aliphatic carbocycles. The molecule has 0 radical (unpaired) electrons. The molecule has 7 heteroatoms. The minimum Gasteiger partial charge on any atom is -0.374 e. The van der Waals surface area contributed by atoms with Crippen molar-refractivity contribution in [2.45, 2.75) is 32.0 Å². The molecule has 0 amide bonds. The Labute approximate surface area is 171 Å². The van der Waals surface area contributed by atoms with Crippen LogP contribution in [0.4, 0.5) is 13.2 Å². The van der Waals surface area contributed by atoms with Crippen molar-refractivity contribution < 1.29 is 18.0 Å². The van der Waals surface area contributed by atoms with Gasteiger partial charge in [0.15, 0.2) is 0 Å². The molecule has 150 valence electrons. The fraction of sp³-hybridized carbons (Fsp3) is 0.227. The number of oxime groups is 1. The van der Waals surface area contributed by atoms with Gasteiger partial charge in [-0.05, 0) is 37.6 Å². The molecule has 0 saturated heterocycles. The van der Waals surface area contributed by atoms with Gasteiger partial charge in [-0.15, -0.1) is 0 Å². The van der Waals surface area contributed by atoms with E-state index in [1.807, 2.05) is 30.7 Å². The molecule has 1 aliphatic heterocycles. The van der Waals surface area contributed by atoms with E-state index < -0.39 is 18.2 Å². The van der Waals surface area contributed by atoms with E-state index in [9.17, 15) is 13.2 Å². The zero-order chi connectivity index (χ0) is 20.8. The molecule has 1 unspecified atom stereocenters. The van der Waals surface area contributed by atoms with Crippen molar-refractivity contribution in [3.63, 3.8) is 0 Å². The molecule has 0 N–H and O–H groups in total. The topological polar surface area (TPSA) is 26.5 Å². The van der Waals surface area contributed by atoms with Crippen LogP contribution in [0.1, 0.15) is 28.8 Å². The van der Waals surface area contributed by atoms with Gasteiger partial charge in [0.1, 0.15) is 0 Å². The van der Waals surface area contributed by atoms with Crippen LogP contribution in [0.3, 0.4) is 0 Å². The van der Waals surface area contributed by atoms with Gasteiger partial charge >= 0.3 is 6.18 Å². The summed E-state index contributed by atoms with van der Waals surface area (Å²) in [4.78, 5) is 5.05. The molecule has 4 rings (SSSR count). The Balaban J connectivity index is 1.68. The number of rotatable bonds is 3. The standard InChI is InChI=1S/C22H18ClF3N2O/c1-14-10-15(2)28(13-14)20-9-8-16(11-18(20)23)19-12-21(29-27-19,22(24,25)26)17-6-4-3-5-7-17/h3-11,13H,12H2,1-2H3. The highest BCUT2D eigenvalue weighted by atomic mass is 35.5. The lowest BCUT2D eigenvalue weighted by molar-refractivity contribution is -0.275. The molecule has 0 spiro atoms. The van der Waals surface area contributed by atoms with Gasteiger partial charge in [-0.3, -0.25) is 0 Å². The molecule has 29 heavy (non-hydrogen) atoms. The van der Waals surface area contributed by atoms with Crippen LogP contribution in [-0.4, -0.2) is 16.5 Å². The molecule has 3 aromatic rings. The lowest BCUT2D eigenvalue weighted by Gasteiger charge is -2.29. The second-order valence-electron chi connectivity index (χ2n) is 7.19. The third kappa shape index (κ3) is 3.31. The second-order valence-corrected chi connectivity index (χ2v) is 7.60. The summed E-state index contributed by atoms with van der Waals surface area (Å²) in [5, 5.41) is 4.22. The van der Waals surface area contributed by atoms with Crippen molar-refractivity contribution in [2.24, 2.45) is 5.16 Å². The van der Waals surface area contributed by atoms with Crippen LogP contribution < -0.4 is 0 Å². The third-order valence-corrected chi connectivity index (χ3v) is 5.42. The first-order chi connectivity index (χ1) is 13.7. The SMILES string of the molecule is Cc1cc(C)n(-c2ccc(C3=NOC(c4ccccc4)(C(F)(F)F)C3)cc2Cl)c1. The lowest BCUT2D eigenvalue weighted by Crippen LogP contribution is -2.42. The Hall–Kier alpha value is -2.73. The molecule has 0 bridgehead atoms. The Kier molecular flexibility index (Phi) is 4.69. The molecular formula is C22H18ClF3N2O. The van der Waals surface area contributed by atoms with Crippen molar-refractivity contribution >= 4 is 17.3 Å². The van der Waals surface area contributed by atoms with E-state index in [4.69, 9.17) is 16.4 Å². The monoisotopic (exact) mass is 418 g/mol. The van der Waals surface area contributed by atoms with Crippen LogP contribution in [-0.2, 0) is 10.4 Å². The smallest absolute Gasteiger partial charge is 0.374 e. The van der Waals surface area contributed by atoms with Crippen LogP contribution in [0.15, 0.2) is 65.9 Å². The van der Waals surface area contributed by atoms with E-state index in [0.29, 0.717) is 10.6 Å². The van der Waals surface area contributed by atoms with Gasteiger partial charge in [-0.25, -0.2) is 0 Å². The maximum absolute atomic E-state index is 14.0. The quantitative estimate of drug-likeness (QED) is 0.488. The molecule has 0 saturated carbocycles. The predicted octanol–water partition coefficient (Wildman–Crippen LogP) is 6.33. The summed E-state index contributed by atoms with van der Waals surface area (Å²) >= 11 is 6.46. The molecule has 1 aromatic heterocycles. The lowest BCUT2D eigenvalue weighted by atomic mass is 9.86. The van der Waals surface area contributed by atoms with Gasteiger partial charge in [0.2, 0.25) is 0 Å². The Bertz CT molecular complexity index is 1090. The predicted molar refractivity (Wildman–Crippen MR) is 107 cm³/mol. The second kappa shape index (κ2) is 6.95. The van der Waals surface area contributed by atoms with E-state index in [2.05, 4.69) is 5.16 Å². The first-order valence-electron chi connectivity index (χ1n) is 9.04. The molecule has 2 heterocycles. The molecule has 1 aliphatic rings.